The molecule has 1 saturated heterocycles. The van der Waals surface area contributed by atoms with E-state index in [1.54, 1.807) is 0 Å². The third kappa shape index (κ3) is 2.65. The molecule has 23 heavy (non-hydrogen) atoms. The van der Waals surface area contributed by atoms with Gasteiger partial charge in [0, 0.05) is 16.6 Å². The van der Waals surface area contributed by atoms with Gasteiger partial charge in [0.1, 0.15) is 5.82 Å². The van der Waals surface area contributed by atoms with Gasteiger partial charge < -0.3 is 9.88 Å². The third-order valence-corrected chi connectivity index (χ3v) is 4.80. The predicted octanol–water partition coefficient (Wildman–Crippen LogP) is 4.30. The number of H-pyrrole nitrogens is 1. The molecule has 0 saturated carbocycles. The van der Waals surface area contributed by atoms with E-state index in [2.05, 4.69) is 25.9 Å². The number of hydrogen-bond donors (Lipinski definition) is 1. The van der Waals surface area contributed by atoms with E-state index < -0.39 is 0 Å². The van der Waals surface area contributed by atoms with Gasteiger partial charge in [-0.15, -0.1) is 0 Å². The highest BCUT2D eigenvalue weighted by molar-refractivity contribution is 9.10. The van der Waals surface area contributed by atoms with Crippen LogP contribution in [-0.2, 0) is 0 Å². The molecule has 4 rings (SSSR count). The highest BCUT2D eigenvalue weighted by Crippen LogP contribution is 2.32. The molecule has 0 spiro atoms. The van der Waals surface area contributed by atoms with Crippen molar-refractivity contribution in [3.05, 3.63) is 64.4 Å². The zero-order valence-electron chi connectivity index (χ0n) is 12.5. The molecule has 1 aliphatic rings. The number of hydrogen-bond acceptors (Lipinski definition) is 2. The molecule has 2 heterocycles. The minimum atomic E-state index is 0.0221. The number of fused-ring (bicyclic) bond motifs is 1. The van der Waals surface area contributed by atoms with Crippen LogP contribution in [0.3, 0.4) is 0 Å². The number of likely N-dealkylation sites (tertiary alicyclic amines) is 1. The Morgan fingerprint density at radius 2 is 2.09 bits per heavy atom. The van der Waals surface area contributed by atoms with Crippen molar-refractivity contribution < 1.29 is 4.79 Å². The molecule has 5 heteroatoms. The molecule has 0 aliphatic carbocycles. The Morgan fingerprint density at radius 1 is 1.22 bits per heavy atom. The maximum absolute atomic E-state index is 12.9. The average molecular weight is 370 g/mol. The molecule has 1 aliphatic heterocycles. The second-order valence-corrected chi connectivity index (χ2v) is 6.72. The summed E-state index contributed by atoms with van der Waals surface area (Å²) in [4.78, 5) is 22.8. The van der Waals surface area contributed by atoms with Gasteiger partial charge in [-0.1, -0.05) is 34.1 Å². The number of para-hydroxylation sites is 2. The largest absolute Gasteiger partial charge is 0.340 e. The van der Waals surface area contributed by atoms with E-state index in [1.165, 1.54) is 0 Å². The van der Waals surface area contributed by atoms with E-state index in [1.807, 2.05) is 53.4 Å². The van der Waals surface area contributed by atoms with Crippen molar-refractivity contribution in [2.45, 2.75) is 18.9 Å². The maximum atomic E-state index is 12.9. The Balaban J connectivity index is 1.67. The summed E-state index contributed by atoms with van der Waals surface area (Å²) in [6, 6.07) is 15.5. The summed E-state index contributed by atoms with van der Waals surface area (Å²) >= 11 is 3.43. The molecule has 1 fully saturated rings. The number of benzene rings is 2. The van der Waals surface area contributed by atoms with Crippen molar-refractivity contribution in [2.75, 3.05) is 6.54 Å². The maximum Gasteiger partial charge on any atom is 0.254 e. The molecule has 0 bridgehead atoms. The van der Waals surface area contributed by atoms with Crippen molar-refractivity contribution in [3.63, 3.8) is 0 Å². The summed E-state index contributed by atoms with van der Waals surface area (Å²) < 4.78 is 0.919. The number of nitrogens with zero attached hydrogens (tertiary/aromatic N) is 2. The van der Waals surface area contributed by atoms with Gasteiger partial charge in [0.05, 0.1) is 17.1 Å². The van der Waals surface area contributed by atoms with Crippen molar-refractivity contribution in [1.82, 2.24) is 14.9 Å². The molecule has 1 atom stereocenters. The van der Waals surface area contributed by atoms with Gasteiger partial charge in [-0.2, -0.15) is 0 Å². The van der Waals surface area contributed by atoms with Crippen LogP contribution in [0.2, 0.25) is 0 Å². The van der Waals surface area contributed by atoms with Crippen LogP contribution in [0.4, 0.5) is 0 Å². The normalized spacial score (nSPS) is 17.8. The lowest BCUT2D eigenvalue weighted by molar-refractivity contribution is 0.0730. The van der Waals surface area contributed by atoms with Crippen LogP contribution in [0.1, 0.15) is 35.1 Å². The van der Waals surface area contributed by atoms with Gasteiger partial charge in [-0.3, -0.25) is 4.79 Å². The van der Waals surface area contributed by atoms with Crippen LogP contribution in [-0.4, -0.2) is 27.3 Å². The highest BCUT2D eigenvalue weighted by atomic mass is 79.9. The molecular weight excluding hydrogens is 354 g/mol. The van der Waals surface area contributed by atoms with E-state index in [-0.39, 0.29) is 11.9 Å². The molecule has 1 unspecified atom stereocenters. The number of amides is 1. The van der Waals surface area contributed by atoms with Gasteiger partial charge in [0.2, 0.25) is 0 Å². The molecule has 4 nitrogen and oxygen atoms in total. The van der Waals surface area contributed by atoms with Crippen LogP contribution < -0.4 is 0 Å². The van der Waals surface area contributed by atoms with Crippen molar-refractivity contribution in [3.8, 4) is 0 Å². The van der Waals surface area contributed by atoms with E-state index >= 15 is 0 Å². The summed E-state index contributed by atoms with van der Waals surface area (Å²) in [6.07, 6.45) is 1.95. The Labute approximate surface area is 142 Å². The fourth-order valence-electron chi connectivity index (χ4n) is 3.21. The van der Waals surface area contributed by atoms with Crippen LogP contribution >= 0.6 is 15.9 Å². The first-order valence-electron chi connectivity index (χ1n) is 7.73. The number of aromatic amines is 1. The zero-order valence-corrected chi connectivity index (χ0v) is 14.1. The van der Waals surface area contributed by atoms with Crippen LogP contribution in [0, 0.1) is 0 Å². The number of halogens is 1. The van der Waals surface area contributed by atoms with Crippen LogP contribution in [0.25, 0.3) is 11.0 Å². The summed E-state index contributed by atoms with van der Waals surface area (Å²) in [6.45, 7) is 0.771. The fraction of sp³-hybridized carbons (Fsp3) is 0.222. The van der Waals surface area contributed by atoms with Gasteiger partial charge in [0.15, 0.2) is 0 Å². The lowest BCUT2D eigenvalue weighted by Gasteiger charge is -2.23. The average Bonchev–Trinajstić information content (AvgIpc) is 3.20. The second-order valence-electron chi connectivity index (χ2n) is 5.81. The van der Waals surface area contributed by atoms with E-state index in [4.69, 9.17) is 0 Å². The van der Waals surface area contributed by atoms with E-state index in [0.717, 1.165) is 40.7 Å². The summed E-state index contributed by atoms with van der Waals surface area (Å²) in [5.74, 6) is 0.946. The molecule has 1 N–H and O–H groups in total. The van der Waals surface area contributed by atoms with Crippen LogP contribution in [0.15, 0.2) is 53.0 Å². The predicted molar refractivity (Wildman–Crippen MR) is 93.2 cm³/mol. The lowest BCUT2D eigenvalue weighted by Crippen LogP contribution is -2.31. The molecule has 3 aromatic rings. The van der Waals surface area contributed by atoms with Gasteiger partial charge in [-0.05, 0) is 43.2 Å². The number of imidazole rings is 1. The minimum Gasteiger partial charge on any atom is -0.340 e. The third-order valence-electron chi connectivity index (χ3n) is 4.31. The van der Waals surface area contributed by atoms with Crippen molar-refractivity contribution in [1.29, 1.82) is 0 Å². The Bertz CT molecular complexity index is 840. The first-order chi connectivity index (χ1) is 11.2. The minimum absolute atomic E-state index is 0.0221. The molecular formula is C18H16BrN3O. The topological polar surface area (TPSA) is 49.0 Å². The van der Waals surface area contributed by atoms with Crippen molar-refractivity contribution >= 4 is 32.9 Å². The van der Waals surface area contributed by atoms with Gasteiger partial charge >= 0.3 is 0 Å². The molecule has 2 aromatic carbocycles. The monoisotopic (exact) mass is 369 g/mol. The molecule has 116 valence electrons. The molecule has 0 radical (unpaired) electrons. The van der Waals surface area contributed by atoms with Gasteiger partial charge in [0.25, 0.3) is 5.91 Å². The summed E-state index contributed by atoms with van der Waals surface area (Å²) in [5.41, 5.74) is 2.68. The Kier molecular flexibility index (Phi) is 3.65. The number of rotatable bonds is 2. The highest BCUT2D eigenvalue weighted by Gasteiger charge is 2.32. The SMILES string of the molecule is O=C(c1cccc(Br)c1)N1CCCC1c1nc2ccccc2[nH]1. The van der Waals surface area contributed by atoms with E-state index in [0.29, 0.717) is 5.56 Å². The van der Waals surface area contributed by atoms with E-state index in [9.17, 15) is 4.79 Å². The number of carbonyl (C=O) groups excluding carboxylic acids is 1. The first kappa shape index (κ1) is 14.5. The number of nitrogens with one attached hydrogen (secondary N) is 1. The molecule has 1 amide bonds. The zero-order chi connectivity index (χ0) is 15.8. The first-order valence-corrected chi connectivity index (χ1v) is 8.53. The molecule has 1 aromatic heterocycles. The summed E-state index contributed by atoms with van der Waals surface area (Å²) in [7, 11) is 0. The number of carbonyl (C=O) groups is 1. The number of aromatic nitrogens is 2. The fourth-order valence-corrected chi connectivity index (χ4v) is 3.61. The van der Waals surface area contributed by atoms with Crippen molar-refractivity contribution in [2.24, 2.45) is 0 Å². The smallest absolute Gasteiger partial charge is 0.254 e. The lowest BCUT2D eigenvalue weighted by atomic mass is 10.1. The quantitative estimate of drug-likeness (QED) is 0.731. The van der Waals surface area contributed by atoms with Crippen LogP contribution in [0.5, 0.6) is 0 Å². The van der Waals surface area contributed by atoms with Gasteiger partial charge in [-0.25, -0.2) is 4.98 Å². The Morgan fingerprint density at radius 3 is 2.91 bits per heavy atom. The second kappa shape index (κ2) is 5.81. The Hall–Kier alpha value is -2.14. The standard InChI is InChI=1S/C18H16BrN3O/c19-13-6-3-5-12(11-13)18(23)22-10-4-9-16(22)17-20-14-7-1-2-8-15(14)21-17/h1-3,5-8,11,16H,4,9-10H2,(H,20,21). The summed E-state index contributed by atoms with van der Waals surface area (Å²) in [5, 5.41) is 0.